The Balaban J connectivity index is 2.90. The number of nitrogens with two attached hydrogens (primary N) is 1. The Hall–Kier alpha value is -1.41. The van der Waals surface area contributed by atoms with Gasteiger partial charge in [0, 0.05) is 12.7 Å². The summed E-state index contributed by atoms with van der Waals surface area (Å²) in [4.78, 5) is 36.9. The Morgan fingerprint density at radius 1 is 1.55 bits per heavy atom. The Morgan fingerprint density at radius 3 is 2.65 bits per heavy atom. The molecule has 8 heteroatoms. The third-order valence-corrected chi connectivity index (χ3v) is 3.97. The lowest BCUT2D eigenvalue weighted by Crippen LogP contribution is -2.56. The highest BCUT2D eigenvalue weighted by Crippen LogP contribution is 2.14. The molecule has 0 radical (unpaired) electrons. The van der Waals surface area contributed by atoms with Crippen LogP contribution in [0.3, 0.4) is 0 Å². The number of H-pyrrole nitrogens is 1. The van der Waals surface area contributed by atoms with Crippen LogP contribution in [0.4, 0.5) is 0 Å². The van der Waals surface area contributed by atoms with Gasteiger partial charge in [-0.2, -0.15) is 0 Å². The Kier molecular flexibility index (Phi) is 5.29. The van der Waals surface area contributed by atoms with E-state index in [2.05, 4.69) is 26.2 Å². The molecule has 0 aliphatic heterocycles. The largest absolute Gasteiger partial charge is 0.348 e. The van der Waals surface area contributed by atoms with Crippen molar-refractivity contribution in [3.63, 3.8) is 0 Å². The summed E-state index contributed by atoms with van der Waals surface area (Å²) in [5.74, 6) is -0.191. The first kappa shape index (κ1) is 16.6. The average molecular weight is 347 g/mol. The summed E-state index contributed by atoms with van der Waals surface area (Å²) in [5.41, 5.74) is 3.98. The zero-order valence-corrected chi connectivity index (χ0v) is 13.3. The van der Waals surface area contributed by atoms with Gasteiger partial charge in [-0.05, 0) is 28.8 Å². The van der Waals surface area contributed by atoms with E-state index in [1.807, 2.05) is 20.8 Å². The Morgan fingerprint density at radius 2 is 2.15 bits per heavy atom. The van der Waals surface area contributed by atoms with E-state index < -0.39 is 16.8 Å². The van der Waals surface area contributed by atoms with Crippen molar-refractivity contribution in [2.24, 2.45) is 11.7 Å². The number of hydrogen-bond acceptors (Lipinski definition) is 4. The van der Waals surface area contributed by atoms with Gasteiger partial charge < -0.3 is 11.1 Å². The van der Waals surface area contributed by atoms with Crippen molar-refractivity contribution in [2.45, 2.75) is 32.9 Å². The minimum atomic E-state index is -0.632. The zero-order chi connectivity index (χ0) is 15.5. The highest BCUT2D eigenvalue weighted by Gasteiger charge is 2.28. The van der Waals surface area contributed by atoms with Crippen molar-refractivity contribution in [3.05, 3.63) is 31.5 Å². The van der Waals surface area contributed by atoms with Crippen LogP contribution in [0.5, 0.6) is 0 Å². The van der Waals surface area contributed by atoms with E-state index >= 15 is 0 Å². The first-order valence-corrected chi connectivity index (χ1v) is 6.99. The molecule has 1 heterocycles. The number of carbonyl (C=O) groups excluding carboxylic acids is 1. The van der Waals surface area contributed by atoms with Crippen molar-refractivity contribution in [2.75, 3.05) is 6.54 Å². The fourth-order valence-corrected chi connectivity index (χ4v) is 1.89. The molecule has 0 aliphatic rings. The summed E-state index contributed by atoms with van der Waals surface area (Å²) in [7, 11) is 0. The number of aromatic amines is 1. The second kappa shape index (κ2) is 6.36. The summed E-state index contributed by atoms with van der Waals surface area (Å²) < 4.78 is 1.31. The van der Waals surface area contributed by atoms with Gasteiger partial charge in [-0.3, -0.25) is 19.1 Å². The highest BCUT2D eigenvalue weighted by molar-refractivity contribution is 9.10. The normalized spacial score (nSPS) is 14.1. The third kappa shape index (κ3) is 3.80. The van der Waals surface area contributed by atoms with Gasteiger partial charge in [0.1, 0.15) is 6.54 Å². The minimum absolute atomic E-state index is 0.149. The maximum atomic E-state index is 12.0. The number of halogens is 1. The van der Waals surface area contributed by atoms with Crippen LogP contribution in [0.15, 0.2) is 20.3 Å². The predicted octanol–water partition coefficient (Wildman–Crippen LogP) is -0.211. The quantitative estimate of drug-likeness (QED) is 0.684. The molecule has 0 aliphatic carbocycles. The van der Waals surface area contributed by atoms with Gasteiger partial charge in [0.2, 0.25) is 5.91 Å². The lowest BCUT2D eigenvalue weighted by Gasteiger charge is -2.33. The van der Waals surface area contributed by atoms with Crippen LogP contribution in [0.1, 0.15) is 20.8 Å². The molecule has 112 valence electrons. The second-order valence-electron chi connectivity index (χ2n) is 5.19. The number of nitrogens with one attached hydrogen (secondary N) is 2. The summed E-state index contributed by atoms with van der Waals surface area (Å²) in [6.45, 7) is 5.87. The number of nitrogens with zero attached hydrogens (tertiary/aromatic N) is 1. The van der Waals surface area contributed by atoms with Crippen LogP contribution in [0, 0.1) is 5.92 Å². The maximum Gasteiger partial charge on any atom is 0.328 e. The standard InChI is InChI=1S/C12H19BrN4O3/c1-7(2)12(3,6-14)16-9(18)5-17-4-8(13)10(19)15-11(17)20/h4,7H,5-6,14H2,1-3H3,(H,16,18)(H,15,19,20). The fraction of sp³-hybridized carbons (Fsp3) is 0.583. The first-order chi connectivity index (χ1) is 9.19. The zero-order valence-electron chi connectivity index (χ0n) is 11.7. The van der Waals surface area contributed by atoms with Gasteiger partial charge in [0.25, 0.3) is 5.56 Å². The molecule has 0 aromatic carbocycles. The molecule has 1 atom stereocenters. The molecule has 0 saturated carbocycles. The molecule has 1 rings (SSSR count). The van der Waals surface area contributed by atoms with Gasteiger partial charge in [-0.1, -0.05) is 13.8 Å². The molecule has 1 aromatic heterocycles. The molecular weight excluding hydrogens is 328 g/mol. The lowest BCUT2D eigenvalue weighted by atomic mass is 9.88. The van der Waals surface area contributed by atoms with E-state index in [0.717, 1.165) is 4.57 Å². The van der Waals surface area contributed by atoms with Crippen molar-refractivity contribution < 1.29 is 4.79 Å². The van der Waals surface area contributed by atoms with Crippen LogP contribution in [0.2, 0.25) is 0 Å². The van der Waals surface area contributed by atoms with Crippen molar-refractivity contribution in [1.82, 2.24) is 14.9 Å². The van der Waals surface area contributed by atoms with Crippen molar-refractivity contribution in [3.8, 4) is 0 Å². The number of carbonyl (C=O) groups is 1. The summed E-state index contributed by atoms with van der Waals surface area (Å²) in [6.07, 6.45) is 1.29. The first-order valence-electron chi connectivity index (χ1n) is 6.20. The topological polar surface area (TPSA) is 110 Å². The number of rotatable bonds is 5. The SMILES string of the molecule is CC(C)C(C)(CN)NC(=O)Cn1cc(Br)c(=O)[nH]c1=O. The second-order valence-corrected chi connectivity index (χ2v) is 6.04. The van der Waals surface area contributed by atoms with E-state index in [1.165, 1.54) is 6.20 Å². The Bertz CT molecular complexity index is 607. The molecule has 1 unspecified atom stereocenters. The molecule has 0 spiro atoms. The lowest BCUT2D eigenvalue weighted by molar-refractivity contribution is -0.124. The van der Waals surface area contributed by atoms with Crippen LogP contribution in [-0.2, 0) is 11.3 Å². The monoisotopic (exact) mass is 346 g/mol. The number of amides is 1. The molecular formula is C12H19BrN4O3. The molecule has 0 fully saturated rings. The molecule has 4 N–H and O–H groups in total. The maximum absolute atomic E-state index is 12.0. The van der Waals surface area contributed by atoms with Gasteiger partial charge in [-0.25, -0.2) is 4.79 Å². The van der Waals surface area contributed by atoms with E-state index in [-0.39, 0.29) is 22.8 Å². The van der Waals surface area contributed by atoms with Crippen LogP contribution < -0.4 is 22.3 Å². The van der Waals surface area contributed by atoms with Gasteiger partial charge in [0.15, 0.2) is 0 Å². The van der Waals surface area contributed by atoms with Gasteiger partial charge in [-0.15, -0.1) is 0 Å². The molecule has 1 amide bonds. The molecule has 0 bridgehead atoms. The fourth-order valence-electron chi connectivity index (χ4n) is 1.54. The van der Waals surface area contributed by atoms with E-state index in [9.17, 15) is 14.4 Å². The van der Waals surface area contributed by atoms with E-state index in [4.69, 9.17) is 5.73 Å². The van der Waals surface area contributed by atoms with Gasteiger partial charge >= 0.3 is 5.69 Å². The average Bonchev–Trinajstić information content (AvgIpc) is 2.35. The van der Waals surface area contributed by atoms with Crippen LogP contribution in [-0.4, -0.2) is 27.5 Å². The van der Waals surface area contributed by atoms with E-state index in [0.29, 0.717) is 6.54 Å². The summed E-state index contributed by atoms with van der Waals surface area (Å²) in [6, 6.07) is 0. The number of hydrogen-bond donors (Lipinski definition) is 3. The van der Waals surface area contributed by atoms with Crippen molar-refractivity contribution >= 4 is 21.8 Å². The predicted molar refractivity (Wildman–Crippen MR) is 79.5 cm³/mol. The minimum Gasteiger partial charge on any atom is -0.348 e. The number of aromatic nitrogens is 2. The molecule has 7 nitrogen and oxygen atoms in total. The van der Waals surface area contributed by atoms with E-state index in [1.54, 1.807) is 0 Å². The van der Waals surface area contributed by atoms with Crippen LogP contribution >= 0.6 is 15.9 Å². The third-order valence-electron chi connectivity index (χ3n) is 3.40. The molecule has 1 aromatic rings. The van der Waals surface area contributed by atoms with Gasteiger partial charge in [0.05, 0.1) is 10.0 Å². The molecule has 0 saturated heterocycles. The highest BCUT2D eigenvalue weighted by atomic mass is 79.9. The molecule has 20 heavy (non-hydrogen) atoms. The summed E-state index contributed by atoms with van der Waals surface area (Å²) >= 11 is 3.01. The van der Waals surface area contributed by atoms with Crippen molar-refractivity contribution in [1.29, 1.82) is 0 Å². The van der Waals surface area contributed by atoms with Crippen LogP contribution in [0.25, 0.3) is 0 Å². The summed E-state index contributed by atoms with van der Waals surface area (Å²) in [5, 5.41) is 2.82. The Labute approximate surface area is 124 Å². The smallest absolute Gasteiger partial charge is 0.328 e.